The number of anilines is 1. The van der Waals surface area contributed by atoms with Crippen molar-refractivity contribution in [2.24, 2.45) is 5.41 Å². The first-order valence-corrected chi connectivity index (χ1v) is 9.66. The van der Waals surface area contributed by atoms with Crippen molar-refractivity contribution in [3.63, 3.8) is 0 Å². The highest BCUT2D eigenvalue weighted by atomic mass is 16.5. The average molecular weight is 396 g/mol. The van der Waals surface area contributed by atoms with Crippen LogP contribution >= 0.6 is 0 Å². The van der Waals surface area contributed by atoms with Gasteiger partial charge in [0.1, 0.15) is 5.41 Å². The summed E-state index contributed by atoms with van der Waals surface area (Å²) in [6.45, 7) is 4.40. The van der Waals surface area contributed by atoms with E-state index in [0.29, 0.717) is 31.0 Å². The molecule has 6 heteroatoms. The van der Waals surface area contributed by atoms with Gasteiger partial charge in [0.2, 0.25) is 11.8 Å². The summed E-state index contributed by atoms with van der Waals surface area (Å²) in [4.78, 5) is 29.7. The highest BCUT2D eigenvalue weighted by molar-refractivity contribution is 6.10. The Morgan fingerprint density at radius 1 is 1.00 bits per heavy atom. The fraction of sp³-hybridized carbons (Fsp3) is 0.391. The van der Waals surface area contributed by atoms with Crippen LogP contribution in [-0.4, -0.2) is 44.5 Å². The molecule has 0 aliphatic carbocycles. The molecule has 0 unspecified atom stereocenters. The SMILES string of the molecule is COc1cc2c(cc1OC)CN(C(=O)C(C)(C)C(=O)N(C)c1ccccc1)CC2. The number of amides is 2. The van der Waals surface area contributed by atoms with Crippen molar-refractivity contribution >= 4 is 17.5 Å². The molecule has 2 amide bonds. The zero-order chi connectivity index (χ0) is 21.2. The van der Waals surface area contributed by atoms with Gasteiger partial charge in [-0.3, -0.25) is 9.59 Å². The maximum absolute atomic E-state index is 13.3. The number of ether oxygens (including phenoxy) is 2. The van der Waals surface area contributed by atoms with Crippen molar-refractivity contribution in [3.8, 4) is 11.5 Å². The number of benzene rings is 2. The molecule has 0 radical (unpaired) electrons. The van der Waals surface area contributed by atoms with Crippen molar-refractivity contribution in [2.75, 3.05) is 32.7 Å². The van der Waals surface area contributed by atoms with Gasteiger partial charge in [-0.2, -0.15) is 0 Å². The van der Waals surface area contributed by atoms with E-state index in [2.05, 4.69) is 0 Å². The Balaban J connectivity index is 1.80. The van der Waals surface area contributed by atoms with E-state index >= 15 is 0 Å². The number of rotatable bonds is 5. The molecule has 0 fully saturated rings. The van der Waals surface area contributed by atoms with Crippen LogP contribution in [0.3, 0.4) is 0 Å². The second kappa shape index (κ2) is 8.15. The number of hydrogen-bond donors (Lipinski definition) is 0. The first kappa shape index (κ1) is 20.7. The number of carbonyl (C=O) groups excluding carboxylic acids is 2. The van der Waals surface area contributed by atoms with E-state index in [1.54, 1.807) is 44.9 Å². The molecule has 154 valence electrons. The molecule has 3 rings (SSSR count). The van der Waals surface area contributed by atoms with Gasteiger partial charge in [-0.25, -0.2) is 0 Å². The summed E-state index contributed by atoms with van der Waals surface area (Å²) < 4.78 is 10.8. The van der Waals surface area contributed by atoms with Crippen molar-refractivity contribution in [3.05, 3.63) is 53.6 Å². The number of para-hydroxylation sites is 1. The maximum atomic E-state index is 13.3. The number of carbonyl (C=O) groups is 2. The molecule has 0 aromatic heterocycles. The predicted molar refractivity (Wildman–Crippen MR) is 112 cm³/mol. The number of fused-ring (bicyclic) bond motifs is 1. The Bertz CT molecular complexity index is 909. The molecular formula is C23H28N2O4. The van der Waals surface area contributed by atoms with Crippen LogP contribution in [0.4, 0.5) is 5.69 Å². The molecular weight excluding hydrogens is 368 g/mol. The lowest BCUT2D eigenvalue weighted by Crippen LogP contribution is -2.51. The zero-order valence-corrected chi connectivity index (χ0v) is 17.7. The van der Waals surface area contributed by atoms with Crippen LogP contribution in [0.1, 0.15) is 25.0 Å². The summed E-state index contributed by atoms with van der Waals surface area (Å²) in [5.74, 6) is 0.920. The number of hydrogen-bond acceptors (Lipinski definition) is 4. The van der Waals surface area contributed by atoms with Gasteiger partial charge in [0.15, 0.2) is 11.5 Å². The van der Waals surface area contributed by atoms with E-state index in [4.69, 9.17) is 9.47 Å². The van der Waals surface area contributed by atoms with E-state index in [9.17, 15) is 9.59 Å². The highest BCUT2D eigenvalue weighted by Gasteiger charge is 2.42. The molecule has 0 bridgehead atoms. The summed E-state index contributed by atoms with van der Waals surface area (Å²) >= 11 is 0. The average Bonchev–Trinajstić information content (AvgIpc) is 2.76. The Labute approximate surface area is 172 Å². The molecule has 0 atom stereocenters. The van der Waals surface area contributed by atoms with Crippen LogP contribution in [0, 0.1) is 5.41 Å². The number of methoxy groups -OCH3 is 2. The minimum absolute atomic E-state index is 0.175. The predicted octanol–water partition coefficient (Wildman–Crippen LogP) is 3.28. The first-order chi connectivity index (χ1) is 13.8. The Kier molecular flexibility index (Phi) is 5.82. The van der Waals surface area contributed by atoms with Gasteiger partial charge in [-0.15, -0.1) is 0 Å². The topological polar surface area (TPSA) is 59.1 Å². The smallest absolute Gasteiger partial charge is 0.241 e. The van der Waals surface area contributed by atoms with Crippen LogP contribution in [0.2, 0.25) is 0 Å². The summed E-state index contributed by atoms with van der Waals surface area (Å²) in [7, 11) is 4.91. The molecule has 6 nitrogen and oxygen atoms in total. The van der Waals surface area contributed by atoms with E-state index in [-0.39, 0.29) is 11.8 Å². The highest BCUT2D eigenvalue weighted by Crippen LogP contribution is 2.34. The van der Waals surface area contributed by atoms with E-state index < -0.39 is 5.41 Å². The Morgan fingerprint density at radius 3 is 2.17 bits per heavy atom. The van der Waals surface area contributed by atoms with Gasteiger partial charge in [0, 0.05) is 25.8 Å². The third-order valence-electron chi connectivity index (χ3n) is 5.52. The lowest BCUT2D eigenvalue weighted by molar-refractivity contribution is -0.148. The zero-order valence-electron chi connectivity index (χ0n) is 17.7. The minimum Gasteiger partial charge on any atom is -0.493 e. The van der Waals surface area contributed by atoms with Crippen molar-refractivity contribution < 1.29 is 19.1 Å². The van der Waals surface area contributed by atoms with Gasteiger partial charge in [0.25, 0.3) is 0 Å². The molecule has 1 heterocycles. The molecule has 29 heavy (non-hydrogen) atoms. The monoisotopic (exact) mass is 396 g/mol. The van der Waals surface area contributed by atoms with E-state index in [1.807, 2.05) is 42.5 Å². The Morgan fingerprint density at radius 2 is 1.59 bits per heavy atom. The lowest BCUT2D eigenvalue weighted by atomic mass is 9.88. The maximum Gasteiger partial charge on any atom is 0.241 e. The van der Waals surface area contributed by atoms with Crippen LogP contribution < -0.4 is 14.4 Å². The van der Waals surface area contributed by atoms with Crippen LogP contribution in [0.15, 0.2) is 42.5 Å². The molecule has 0 saturated heterocycles. The van der Waals surface area contributed by atoms with Gasteiger partial charge < -0.3 is 19.3 Å². The van der Waals surface area contributed by atoms with Gasteiger partial charge in [-0.05, 0) is 55.7 Å². The number of nitrogens with zero attached hydrogens (tertiary/aromatic N) is 2. The molecule has 0 saturated carbocycles. The van der Waals surface area contributed by atoms with Gasteiger partial charge in [0.05, 0.1) is 14.2 Å². The third kappa shape index (κ3) is 3.92. The second-order valence-corrected chi connectivity index (χ2v) is 7.78. The summed E-state index contributed by atoms with van der Waals surface area (Å²) in [5.41, 5.74) is 1.75. The van der Waals surface area contributed by atoms with Crippen LogP contribution in [0.5, 0.6) is 11.5 Å². The van der Waals surface area contributed by atoms with Crippen LogP contribution in [-0.2, 0) is 22.6 Å². The minimum atomic E-state index is -1.17. The molecule has 2 aromatic rings. The molecule has 1 aliphatic heterocycles. The van der Waals surface area contributed by atoms with Crippen molar-refractivity contribution in [1.29, 1.82) is 0 Å². The summed E-state index contributed by atoms with van der Waals surface area (Å²) in [5, 5.41) is 0. The largest absolute Gasteiger partial charge is 0.493 e. The van der Waals surface area contributed by atoms with Crippen molar-refractivity contribution in [1.82, 2.24) is 4.90 Å². The normalized spacial score (nSPS) is 13.5. The third-order valence-corrected chi connectivity index (χ3v) is 5.52. The lowest BCUT2D eigenvalue weighted by Gasteiger charge is -2.36. The molecule has 0 spiro atoms. The van der Waals surface area contributed by atoms with Gasteiger partial charge >= 0.3 is 0 Å². The standard InChI is InChI=1S/C23H28N2O4/c1-23(2,21(26)24(3)18-9-7-6-8-10-18)22(27)25-12-11-16-13-19(28-4)20(29-5)14-17(16)15-25/h6-10,13-14H,11-12,15H2,1-5H3. The molecule has 2 aromatic carbocycles. The second-order valence-electron chi connectivity index (χ2n) is 7.78. The van der Waals surface area contributed by atoms with E-state index in [0.717, 1.165) is 16.8 Å². The van der Waals surface area contributed by atoms with Gasteiger partial charge in [-0.1, -0.05) is 18.2 Å². The van der Waals surface area contributed by atoms with E-state index in [1.165, 1.54) is 0 Å². The first-order valence-electron chi connectivity index (χ1n) is 9.66. The van der Waals surface area contributed by atoms with Crippen molar-refractivity contribution in [2.45, 2.75) is 26.8 Å². The quantitative estimate of drug-likeness (QED) is 0.728. The summed E-state index contributed by atoms with van der Waals surface area (Å²) in [6.07, 6.45) is 0.709. The molecule has 0 N–H and O–H groups in total. The summed E-state index contributed by atoms with van der Waals surface area (Å²) in [6, 6.07) is 13.2. The van der Waals surface area contributed by atoms with Crippen LogP contribution in [0.25, 0.3) is 0 Å². The fourth-order valence-electron chi connectivity index (χ4n) is 3.73. The molecule has 1 aliphatic rings. The Hall–Kier alpha value is -3.02. The fourth-order valence-corrected chi connectivity index (χ4v) is 3.73.